The van der Waals surface area contributed by atoms with Gasteiger partial charge < -0.3 is 10.1 Å². The third-order valence-corrected chi connectivity index (χ3v) is 4.39. The highest BCUT2D eigenvalue weighted by Crippen LogP contribution is 2.24. The Hall–Kier alpha value is -2.31. The van der Waals surface area contributed by atoms with Crippen molar-refractivity contribution in [3.05, 3.63) is 29.3 Å². The van der Waals surface area contributed by atoms with Crippen LogP contribution in [0.5, 0.6) is 5.75 Å². The predicted molar refractivity (Wildman–Crippen MR) is 85.2 cm³/mol. The maximum atomic E-state index is 12.3. The first-order valence-electron chi connectivity index (χ1n) is 7.98. The Bertz CT molecular complexity index is 671. The third-order valence-electron chi connectivity index (χ3n) is 4.39. The molecule has 2 heterocycles. The number of rotatable bonds is 5. The van der Waals surface area contributed by atoms with Gasteiger partial charge in [-0.05, 0) is 33.1 Å². The van der Waals surface area contributed by atoms with Crippen LogP contribution >= 0.6 is 0 Å². The van der Waals surface area contributed by atoms with E-state index in [1.807, 2.05) is 27.1 Å². The van der Waals surface area contributed by atoms with Crippen molar-refractivity contribution in [3.63, 3.8) is 0 Å². The van der Waals surface area contributed by atoms with Crippen molar-refractivity contribution in [2.45, 2.75) is 51.7 Å². The maximum Gasteiger partial charge on any atom is 0.224 e. The molecular weight excluding hydrogens is 294 g/mol. The molecule has 7 nitrogen and oxygen atoms in total. The summed E-state index contributed by atoms with van der Waals surface area (Å²) in [5, 5.41) is 14.3. The molecule has 1 fully saturated rings. The van der Waals surface area contributed by atoms with Crippen LogP contribution in [0.15, 0.2) is 12.4 Å². The van der Waals surface area contributed by atoms with Gasteiger partial charge in [0, 0.05) is 18.3 Å². The second kappa shape index (κ2) is 6.44. The van der Waals surface area contributed by atoms with E-state index < -0.39 is 0 Å². The Morgan fingerprint density at radius 3 is 2.96 bits per heavy atom. The van der Waals surface area contributed by atoms with Crippen molar-refractivity contribution < 1.29 is 9.53 Å². The van der Waals surface area contributed by atoms with Gasteiger partial charge in [-0.3, -0.25) is 14.6 Å². The Balaban J connectivity index is 1.59. The lowest BCUT2D eigenvalue weighted by Gasteiger charge is -2.21. The summed E-state index contributed by atoms with van der Waals surface area (Å²) >= 11 is 0. The number of carbonyl (C=O) groups is 1. The summed E-state index contributed by atoms with van der Waals surface area (Å²) in [7, 11) is 1.86. The zero-order valence-corrected chi connectivity index (χ0v) is 13.8. The molecule has 1 amide bonds. The van der Waals surface area contributed by atoms with E-state index in [0.717, 1.165) is 42.0 Å². The van der Waals surface area contributed by atoms with E-state index in [2.05, 4.69) is 20.6 Å². The second-order valence-electron chi connectivity index (χ2n) is 6.20. The molecule has 124 valence electrons. The lowest BCUT2D eigenvalue weighted by molar-refractivity contribution is -0.121. The van der Waals surface area contributed by atoms with E-state index in [1.54, 1.807) is 10.9 Å². The van der Waals surface area contributed by atoms with Crippen molar-refractivity contribution in [2.24, 2.45) is 7.05 Å². The standard InChI is InChI=1S/C16H23N5O2/c1-10-13(11(2)20-19-10)7-16(22)18-14-5-4-6-15(14)23-12-8-17-21(3)9-12/h8-9,14-15H,4-7H2,1-3H3,(H,18,22)(H,19,20)/t14-,15+/m0/s1. The molecule has 7 heteroatoms. The van der Waals surface area contributed by atoms with Gasteiger partial charge >= 0.3 is 0 Å². The molecule has 0 unspecified atom stereocenters. The second-order valence-corrected chi connectivity index (χ2v) is 6.20. The largest absolute Gasteiger partial charge is 0.485 e. The van der Waals surface area contributed by atoms with Crippen LogP contribution in [0.1, 0.15) is 36.2 Å². The summed E-state index contributed by atoms with van der Waals surface area (Å²) in [4.78, 5) is 12.3. The molecule has 1 saturated carbocycles. The molecule has 1 aliphatic rings. The normalized spacial score (nSPS) is 20.7. The van der Waals surface area contributed by atoms with Gasteiger partial charge in [0.25, 0.3) is 0 Å². The molecule has 0 radical (unpaired) electrons. The van der Waals surface area contributed by atoms with Crippen LogP contribution in [0.2, 0.25) is 0 Å². The molecular formula is C16H23N5O2. The van der Waals surface area contributed by atoms with Crippen LogP contribution in [0.3, 0.4) is 0 Å². The number of aromatic nitrogens is 4. The quantitative estimate of drug-likeness (QED) is 0.873. The number of hydrogen-bond acceptors (Lipinski definition) is 4. The van der Waals surface area contributed by atoms with E-state index in [4.69, 9.17) is 4.74 Å². The number of hydrogen-bond donors (Lipinski definition) is 2. The predicted octanol–water partition coefficient (Wildman–Crippen LogP) is 1.42. The summed E-state index contributed by atoms with van der Waals surface area (Å²) in [6, 6.07) is 0.0511. The number of nitrogens with one attached hydrogen (secondary N) is 2. The first-order chi connectivity index (χ1) is 11.0. The summed E-state index contributed by atoms with van der Waals surface area (Å²) < 4.78 is 7.69. The monoisotopic (exact) mass is 317 g/mol. The van der Waals surface area contributed by atoms with Gasteiger partial charge in [0.05, 0.1) is 30.6 Å². The number of H-pyrrole nitrogens is 1. The Morgan fingerprint density at radius 2 is 2.30 bits per heavy atom. The van der Waals surface area contributed by atoms with Crippen LogP contribution in [0.4, 0.5) is 0 Å². The van der Waals surface area contributed by atoms with Crippen molar-refractivity contribution in [2.75, 3.05) is 0 Å². The fourth-order valence-corrected chi connectivity index (χ4v) is 3.12. The molecule has 1 aliphatic carbocycles. The highest BCUT2D eigenvalue weighted by molar-refractivity contribution is 5.79. The fourth-order valence-electron chi connectivity index (χ4n) is 3.12. The molecule has 2 N–H and O–H groups in total. The van der Waals surface area contributed by atoms with Gasteiger partial charge in [-0.25, -0.2) is 0 Å². The molecule has 2 atom stereocenters. The van der Waals surface area contributed by atoms with Gasteiger partial charge in [-0.15, -0.1) is 0 Å². The third kappa shape index (κ3) is 3.55. The van der Waals surface area contributed by atoms with Gasteiger partial charge in [0.2, 0.25) is 5.91 Å². The smallest absolute Gasteiger partial charge is 0.224 e. The van der Waals surface area contributed by atoms with Crippen molar-refractivity contribution in [1.82, 2.24) is 25.3 Å². The minimum absolute atomic E-state index is 0.00898. The zero-order chi connectivity index (χ0) is 16.4. The Morgan fingerprint density at radius 1 is 1.48 bits per heavy atom. The number of aryl methyl sites for hydroxylation is 3. The van der Waals surface area contributed by atoms with Crippen LogP contribution in [0.25, 0.3) is 0 Å². The lowest BCUT2D eigenvalue weighted by atomic mass is 10.1. The molecule has 0 spiro atoms. The van der Waals surface area contributed by atoms with Crippen molar-refractivity contribution in [3.8, 4) is 5.75 Å². The van der Waals surface area contributed by atoms with Gasteiger partial charge in [0.1, 0.15) is 6.10 Å². The first-order valence-corrected chi connectivity index (χ1v) is 7.98. The molecule has 0 aliphatic heterocycles. The fraction of sp³-hybridized carbons (Fsp3) is 0.562. The number of amides is 1. The van der Waals surface area contributed by atoms with Crippen LogP contribution in [-0.2, 0) is 18.3 Å². The summed E-state index contributed by atoms with van der Waals surface area (Å²) in [5.74, 6) is 0.768. The number of aromatic amines is 1. The minimum atomic E-state index is 0.00898. The molecule has 2 aromatic rings. The molecule has 0 aromatic carbocycles. The zero-order valence-electron chi connectivity index (χ0n) is 13.8. The van der Waals surface area contributed by atoms with Crippen LogP contribution < -0.4 is 10.1 Å². The average molecular weight is 317 g/mol. The highest BCUT2D eigenvalue weighted by Gasteiger charge is 2.30. The number of nitrogens with zero attached hydrogens (tertiary/aromatic N) is 3. The van der Waals surface area contributed by atoms with Gasteiger partial charge in [-0.1, -0.05) is 0 Å². The van der Waals surface area contributed by atoms with E-state index in [1.165, 1.54) is 0 Å². The molecule has 0 saturated heterocycles. The molecule has 23 heavy (non-hydrogen) atoms. The van der Waals surface area contributed by atoms with Crippen molar-refractivity contribution in [1.29, 1.82) is 0 Å². The summed E-state index contributed by atoms with van der Waals surface area (Å²) in [6.07, 6.45) is 6.85. The average Bonchev–Trinajstić information content (AvgIpc) is 3.18. The maximum absolute atomic E-state index is 12.3. The highest BCUT2D eigenvalue weighted by atomic mass is 16.5. The van der Waals surface area contributed by atoms with E-state index >= 15 is 0 Å². The van der Waals surface area contributed by atoms with Gasteiger partial charge in [0.15, 0.2) is 5.75 Å². The first kappa shape index (κ1) is 15.6. The Labute approximate surface area is 135 Å². The topological polar surface area (TPSA) is 84.8 Å². The number of carbonyl (C=O) groups excluding carboxylic acids is 1. The van der Waals surface area contributed by atoms with E-state index in [-0.39, 0.29) is 18.1 Å². The summed E-state index contributed by atoms with van der Waals surface area (Å²) in [6.45, 7) is 3.85. The lowest BCUT2D eigenvalue weighted by Crippen LogP contribution is -2.43. The van der Waals surface area contributed by atoms with Crippen LogP contribution in [-0.4, -0.2) is 38.0 Å². The van der Waals surface area contributed by atoms with Crippen molar-refractivity contribution >= 4 is 5.91 Å². The molecule has 3 rings (SSSR count). The molecule has 2 aromatic heterocycles. The Kier molecular flexibility index (Phi) is 4.36. The molecule has 0 bridgehead atoms. The minimum Gasteiger partial charge on any atom is -0.485 e. The summed E-state index contributed by atoms with van der Waals surface area (Å²) in [5.41, 5.74) is 2.81. The van der Waals surface area contributed by atoms with E-state index in [9.17, 15) is 4.79 Å². The SMILES string of the molecule is Cc1n[nH]c(C)c1CC(=O)N[C@H]1CCC[C@H]1Oc1cnn(C)c1. The van der Waals surface area contributed by atoms with E-state index in [0.29, 0.717) is 6.42 Å². The number of ether oxygens (including phenoxy) is 1. The van der Waals surface area contributed by atoms with Gasteiger partial charge in [-0.2, -0.15) is 10.2 Å². The van der Waals surface area contributed by atoms with Crippen LogP contribution in [0, 0.1) is 13.8 Å².